The lowest BCUT2D eigenvalue weighted by atomic mass is 10.2. The monoisotopic (exact) mass is 280 g/mol. The largest absolute Gasteiger partial charge is 0.481 e. The molecule has 0 aromatic heterocycles. The van der Waals surface area contributed by atoms with Gasteiger partial charge in [-0.1, -0.05) is 12.1 Å². The second-order valence-electron chi connectivity index (χ2n) is 4.75. The van der Waals surface area contributed by atoms with Gasteiger partial charge in [0.1, 0.15) is 5.75 Å². The minimum absolute atomic E-state index is 0.218. The molecule has 0 aliphatic carbocycles. The SMILES string of the molecule is Cc1cccc(NC(=O)C(C)Oc2ccc(C#N)cc2)c1. The smallest absolute Gasteiger partial charge is 0.265 e. The van der Waals surface area contributed by atoms with Crippen molar-refractivity contribution in [3.63, 3.8) is 0 Å². The number of amides is 1. The van der Waals surface area contributed by atoms with Crippen LogP contribution in [0, 0.1) is 18.3 Å². The van der Waals surface area contributed by atoms with E-state index in [0.29, 0.717) is 11.3 Å². The van der Waals surface area contributed by atoms with Gasteiger partial charge in [0.15, 0.2) is 6.10 Å². The van der Waals surface area contributed by atoms with Gasteiger partial charge >= 0.3 is 0 Å². The zero-order valence-electron chi connectivity index (χ0n) is 12.0. The number of anilines is 1. The van der Waals surface area contributed by atoms with Gasteiger partial charge in [-0.3, -0.25) is 4.79 Å². The lowest BCUT2D eigenvalue weighted by Gasteiger charge is -2.15. The fourth-order valence-corrected chi connectivity index (χ4v) is 1.83. The first kappa shape index (κ1) is 14.6. The summed E-state index contributed by atoms with van der Waals surface area (Å²) in [7, 11) is 0. The van der Waals surface area contributed by atoms with Crippen LogP contribution in [0.5, 0.6) is 5.75 Å². The van der Waals surface area contributed by atoms with Crippen LogP contribution in [-0.2, 0) is 4.79 Å². The van der Waals surface area contributed by atoms with Gasteiger partial charge in [-0.05, 0) is 55.8 Å². The molecular weight excluding hydrogens is 264 g/mol. The molecule has 2 rings (SSSR count). The average molecular weight is 280 g/mol. The van der Waals surface area contributed by atoms with Crippen molar-refractivity contribution in [2.45, 2.75) is 20.0 Å². The first-order valence-electron chi connectivity index (χ1n) is 6.63. The van der Waals surface area contributed by atoms with Crippen molar-refractivity contribution < 1.29 is 9.53 Å². The number of carbonyl (C=O) groups is 1. The molecule has 0 saturated heterocycles. The molecule has 0 heterocycles. The quantitative estimate of drug-likeness (QED) is 0.935. The Morgan fingerprint density at radius 1 is 1.24 bits per heavy atom. The fourth-order valence-electron chi connectivity index (χ4n) is 1.83. The highest BCUT2D eigenvalue weighted by molar-refractivity contribution is 5.94. The third-order valence-electron chi connectivity index (χ3n) is 2.95. The number of hydrogen-bond donors (Lipinski definition) is 1. The molecule has 0 spiro atoms. The van der Waals surface area contributed by atoms with Gasteiger partial charge in [0.2, 0.25) is 0 Å². The molecule has 2 aromatic rings. The number of benzene rings is 2. The van der Waals surface area contributed by atoms with Crippen LogP contribution in [0.2, 0.25) is 0 Å². The van der Waals surface area contributed by atoms with Crippen LogP contribution in [0.4, 0.5) is 5.69 Å². The van der Waals surface area contributed by atoms with Crippen LogP contribution < -0.4 is 10.1 Å². The molecule has 1 N–H and O–H groups in total. The summed E-state index contributed by atoms with van der Waals surface area (Å²) in [5, 5.41) is 11.5. The summed E-state index contributed by atoms with van der Waals surface area (Å²) in [6.07, 6.45) is -0.626. The Hall–Kier alpha value is -2.80. The lowest BCUT2D eigenvalue weighted by Crippen LogP contribution is -2.30. The van der Waals surface area contributed by atoms with Gasteiger partial charge in [-0.15, -0.1) is 0 Å². The summed E-state index contributed by atoms with van der Waals surface area (Å²) in [6, 6.07) is 16.3. The summed E-state index contributed by atoms with van der Waals surface area (Å²) >= 11 is 0. The number of carbonyl (C=O) groups excluding carboxylic acids is 1. The molecule has 0 aliphatic rings. The maximum atomic E-state index is 12.1. The molecule has 0 fully saturated rings. The second-order valence-corrected chi connectivity index (χ2v) is 4.75. The average Bonchev–Trinajstić information content (AvgIpc) is 2.48. The first-order chi connectivity index (χ1) is 10.1. The van der Waals surface area contributed by atoms with Crippen LogP contribution in [0.1, 0.15) is 18.1 Å². The zero-order valence-corrected chi connectivity index (χ0v) is 12.0. The molecular formula is C17H16N2O2. The predicted octanol–water partition coefficient (Wildman–Crippen LogP) is 3.27. The number of hydrogen-bond acceptors (Lipinski definition) is 3. The van der Waals surface area contributed by atoms with E-state index in [4.69, 9.17) is 10.00 Å². The summed E-state index contributed by atoms with van der Waals surface area (Å²) in [5.41, 5.74) is 2.38. The summed E-state index contributed by atoms with van der Waals surface area (Å²) in [5.74, 6) is 0.339. The maximum Gasteiger partial charge on any atom is 0.265 e. The van der Waals surface area contributed by atoms with E-state index < -0.39 is 6.10 Å². The van der Waals surface area contributed by atoms with Crippen molar-refractivity contribution in [1.82, 2.24) is 0 Å². The number of aryl methyl sites for hydroxylation is 1. The van der Waals surface area contributed by atoms with E-state index in [9.17, 15) is 4.79 Å². The topological polar surface area (TPSA) is 62.1 Å². The van der Waals surface area contributed by atoms with E-state index in [1.165, 1.54) is 0 Å². The number of rotatable bonds is 4. The third-order valence-corrected chi connectivity index (χ3v) is 2.95. The number of nitrogens with one attached hydrogen (secondary N) is 1. The minimum Gasteiger partial charge on any atom is -0.481 e. The second kappa shape index (κ2) is 6.58. The minimum atomic E-state index is -0.626. The van der Waals surface area contributed by atoms with Gasteiger partial charge in [-0.25, -0.2) is 0 Å². The molecule has 0 bridgehead atoms. The number of nitrogens with zero attached hydrogens (tertiary/aromatic N) is 1. The molecule has 4 nitrogen and oxygen atoms in total. The van der Waals surface area contributed by atoms with Crippen molar-refractivity contribution >= 4 is 11.6 Å². The van der Waals surface area contributed by atoms with E-state index in [-0.39, 0.29) is 5.91 Å². The van der Waals surface area contributed by atoms with E-state index in [1.807, 2.05) is 37.3 Å². The highest BCUT2D eigenvalue weighted by Crippen LogP contribution is 2.15. The van der Waals surface area contributed by atoms with Crippen molar-refractivity contribution in [3.05, 3.63) is 59.7 Å². The van der Waals surface area contributed by atoms with Crippen molar-refractivity contribution in [1.29, 1.82) is 5.26 Å². The molecule has 106 valence electrons. The normalized spacial score (nSPS) is 11.3. The third kappa shape index (κ3) is 4.08. The molecule has 21 heavy (non-hydrogen) atoms. The molecule has 0 saturated carbocycles. The lowest BCUT2D eigenvalue weighted by molar-refractivity contribution is -0.122. The zero-order chi connectivity index (χ0) is 15.2. The first-order valence-corrected chi connectivity index (χ1v) is 6.63. The molecule has 0 radical (unpaired) electrons. The molecule has 1 unspecified atom stereocenters. The fraction of sp³-hybridized carbons (Fsp3) is 0.176. The predicted molar refractivity (Wildman–Crippen MR) is 81.1 cm³/mol. The van der Waals surface area contributed by atoms with E-state index in [2.05, 4.69) is 5.32 Å². The molecule has 0 aliphatic heterocycles. The molecule has 1 atom stereocenters. The summed E-state index contributed by atoms with van der Waals surface area (Å²) < 4.78 is 5.56. The molecule has 1 amide bonds. The number of nitriles is 1. The number of ether oxygens (including phenoxy) is 1. The van der Waals surface area contributed by atoms with Crippen molar-refractivity contribution in [3.8, 4) is 11.8 Å². The molecule has 2 aromatic carbocycles. The molecule has 4 heteroatoms. The van der Waals surface area contributed by atoms with Crippen LogP contribution in [-0.4, -0.2) is 12.0 Å². The van der Waals surface area contributed by atoms with Crippen LogP contribution in [0.15, 0.2) is 48.5 Å². The van der Waals surface area contributed by atoms with Gasteiger partial charge in [0, 0.05) is 5.69 Å². The Kier molecular flexibility index (Phi) is 4.57. The Balaban J connectivity index is 1.97. The van der Waals surface area contributed by atoms with Gasteiger partial charge in [-0.2, -0.15) is 5.26 Å². The highest BCUT2D eigenvalue weighted by atomic mass is 16.5. The summed E-state index contributed by atoms with van der Waals surface area (Å²) in [6.45, 7) is 3.65. The van der Waals surface area contributed by atoms with Crippen LogP contribution in [0.25, 0.3) is 0 Å². The standard InChI is InChI=1S/C17H16N2O2/c1-12-4-3-5-15(10-12)19-17(20)13(2)21-16-8-6-14(11-18)7-9-16/h3-10,13H,1-2H3,(H,19,20). The van der Waals surface area contributed by atoms with Crippen LogP contribution in [0.3, 0.4) is 0 Å². The highest BCUT2D eigenvalue weighted by Gasteiger charge is 2.14. The van der Waals surface area contributed by atoms with E-state index >= 15 is 0 Å². The van der Waals surface area contributed by atoms with Crippen molar-refractivity contribution in [2.75, 3.05) is 5.32 Å². The van der Waals surface area contributed by atoms with Gasteiger partial charge < -0.3 is 10.1 Å². The van der Waals surface area contributed by atoms with Crippen LogP contribution >= 0.6 is 0 Å². The van der Waals surface area contributed by atoms with E-state index in [1.54, 1.807) is 31.2 Å². The Morgan fingerprint density at radius 3 is 2.57 bits per heavy atom. The summed E-state index contributed by atoms with van der Waals surface area (Å²) in [4.78, 5) is 12.1. The van der Waals surface area contributed by atoms with E-state index in [0.717, 1.165) is 11.3 Å². The Labute approximate surface area is 124 Å². The maximum absolute atomic E-state index is 12.1. The van der Waals surface area contributed by atoms with Gasteiger partial charge in [0.25, 0.3) is 5.91 Å². The van der Waals surface area contributed by atoms with Crippen molar-refractivity contribution in [2.24, 2.45) is 0 Å². The van der Waals surface area contributed by atoms with Gasteiger partial charge in [0.05, 0.1) is 11.6 Å². The Bertz CT molecular complexity index is 672. The Morgan fingerprint density at radius 2 is 1.95 bits per heavy atom.